The van der Waals surface area contributed by atoms with E-state index in [9.17, 15) is 24.6 Å². The lowest BCUT2D eigenvalue weighted by Crippen LogP contribution is -2.41. The molecule has 3 aliphatic rings. The van der Waals surface area contributed by atoms with Crippen LogP contribution in [-0.4, -0.2) is 66.2 Å². The van der Waals surface area contributed by atoms with E-state index in [-0.39, 0.29) is 30.2 Å². The summed E-state index contributed by atoms with van der Waals surface area (Å²) in [5.74, 6) is -1.94. The maximum atomic E-state index is 13.7. The summed E-state index contributed by atoms with van der Waals surface area (Å²) in [6.07, 6.45) is 11.2. The third-order valence-electron chi connectivity index (χ3n) is 12.8. The maximum Gasteiger partial charge on any atom is 0.305 e. The van der Waals surface area contributed by atoms with Gasteiger partial charge in [0.05, 0.1) is 30.3 Å². The van der Waals surface area contributed by atoms with Gasteiger partial charge >= 0.3 is 11.9 Å². The van der Waals surface area contributed by atoms with Crippen molar-refractivity contribution in [1.82, 2.24) is 4.90 Å². The molecule has 324 valence electrons. The molecule has 2 atom stereocenters. The van der Waals surface area contributed by atoms with Crippen molar-refractivity contribution < 1.29 is 24.6 Å². The predicted molar refractivity (Wildman–Crippen MR) is 251 cm³/mol. The van der Waals surface area contributed by atoms with E-state index in [1.165, 1.54) is 22.4 Å². The number of hydrazine groups is 1. The number of allylic oxidation sites excluding steroid dienone is 4. The maximum absolute atomic E-state index is 13.7. The zero-order valence-corrected chi connectivity index (χ0v) is 36.8. The van der Waals surface area contributed by atoms with Gasteiger partial charge in [0.25, 0.3) is 5.91 Å². The molecule has 0 aromatic heterocycles. The van der Waals surface area contributed by atoms with Crippen LogP contribution in [-0.2, 0) is 21.4 Å². The van der Waals surface area contributed by atoms with Gasteiger partial charge in [0, 0.05) is 72.0 Å². The average molecular weight is 837 g/mol. The number of amides is 1. The van der Waals surface area contributed by atoms with Crippen molar-refractivity contribution in [1.29, 1.82) is 0 Å². The molecule has 2 aliphatic heterocycles. The number of hydrogen-bond acceptors (Lipinski definition) is 8. The smallest absolute Gasteiger partial charge is 0.305 e. The number of fused-ring (bicyclic) bond motifs is 3. The summed E-state index contributed by atoms with van der Waals surface area (Å²) in [6.45, 7) is 9.49. The number of anilines is 5. The standard InChI is InChI=1S/C51H60N6O5/c1-7-8-30-51(4)45(57(32-29-47(60)61)43-27-16-34-12-9-10-13-40(34)48(43)51)15-11-14-44-50(2,3)41-33-35(17-26-42(41)56(44)31-28-46(58)59)49(62)52-36-18-20-37(21-19-36)53-54-38-22-24-39(25-23-38)55(5)6/h9-15,17-26,33,44,53-54H,7-8,16,27-32H2,1-6H3,(H,52,62)(H,58,59)(H,60,61). The summed E-state index contributed by atoms with van der Waals surface area (Å²) in [7, 11) is 4.01. The van der Waals surface area contributed by atoms with Crippen LogP contribution in [0.2, 0.25) is 0 Å². The highest BCUT2D eigenvalue weighted by atomic mass is 16.4. The second-order valence-corrected chi connectivity index (χ2v) is 17.6. The van der Waals surface area contributed by atoms with Crippen LogP contribution in [0, 0.1) is 5.41 Å². The monoisotopic (exact) mass is 836 g/mol. The number of benzene rings is 4. The molecule has 5 N–H and O–H groups in total. The van der Waals surface area contributed by atoms with Gasteiger partial charge in [0.1, 0.15) is 0 Å². The Morgan fingerprint density at radius 2 is 1.47 bits per heavy atom. The van der Waals surface area contributed by atoms with Crippen molar-refractivity contribution >= 4 is 51.9 Å². The Bertz CT molecular complexity index is 2400. The van der Waals surface area contributed by atoms with Crippen LogP contribution in [0.3, 0.4) is 0 Å². The van der Waals surface area contributed by atoms with Crippen LogP contribution < -0.4 is 26.0 Å². The number of aryl methyl sites for hydroxylation is 1. The average Bonchev–Trinajstić information content (AvgIpc) is 3.62. The highest BCUT2D eigenvalue weighted by Crippen LogP contribution is 2.58. The summed E-state index contributed by atoms with van der Waals surface area (Å²) in [6, 6.07) is 29.6. The first-order valence-electron chi connectivity index (χ1n) is 21.7. The largest absolute Gasteiger partial charge is 0.481 e. The normalized spacial score (nSPS) is 19.3. The van der Waals surface area contributed by atoms with Gasteiger partial charge in [0.2, 0.25) is 0 Å². The minimum Gasteiger partial charge on any atom is -0.481 e. The molecular formula is C51H60N6O5. The third kappa shape index (κ3) is 8.93. The molecule has 1 amide bonds. The van der Waals surface area contributed by atoms with Crippen LogP contribution in [0.4, 0.5) is 28.4 Å². The minimum atomic E-state index is -0.878. The Hall–Kier alpha value is -6.49. The molecule has 7 rings (SSSR count). The minimum absolute atomic E-state index is 0.0280. The van der Waals surface area contributed by atoms with Crippen molar-refractivity contribution in [3.8, 4) is 0 Å². The number of carboxylic acids is 2. The second kappa shape index (κ2) is 18.2. The van der Waals surface area contributed by atoms with E-state index in [1.807, 2.05) is 79.7 Å². The van der Waals surface area contributed by atoms with Crippen molar-refractivity contribution in [2.75, 3.05) is 53.2 Å². The molecule has 0 fully saturated rings. The molecule has 1 aliphatic carbocycles. The van der Waals surface area contributed by atoms with Gasteiger partial charge in [-0.2, -0.15) is 0 Å². The molecule has 0 bridgehead atoms. The number of nitrogens with zero attached hydrogens (tertiary/aromatic N) is 3. The Morgan fingerprint density at radius 3 is 2.13 bits per heavy atom. The molecule has 11 heteroatoms. The first-order valence-corrected chi connectivity index (χ1v) is 21.7. The fourth-order valence-electron chi connectivity index (χ4n) is 9.53. The van der Waals surface area contributed by atoms with Gasteiger partial charge in [-0.25, -0.2) is 0 Å². The predicted octanol–water partition coefficient (Wildman–Crippen LogP) is 10.2. The van der Waals surface area contributed by atoms with Gasteiger partial charge in [0.15, 0.2) is 0 Å². The van der Waals surface area contributed by atoms with Crippen LogP contribution in [0.5, 0.6) is 0 Å². The van der Waals surface area contributed by atoms with Crippen molar-refractivity contribution in [2.45, 2.75) is 84.1 Å². The lowest BCUT2D eigenvalue weighted by atomic mass is 9.71. The zero-order valence-electron chi connectivity index (χ0n) is 36.8. The van der Waals surface area contributed by atoms with E-state index in [4.69, 9.17) is 0 Å². The Morgan fingerprint density at radius 1 is 0.823 bits per heavy atom. The fraction of sp³-hybridized carbons (Fsp3) is 0.353. The molecule has 4 aromatic rings. The molecule has 2 heterocycles. The van der Waals surface area contributed by atoms with Crippen LogP contribution in [0.15, 0.2) is 121 Å². The van der Waals surface area contributed by atoms with E-state index in [0.29, 0.717) is 24.3 Å². The molecule has 0 saturated heterocycles. The Kier molecular flexibility index (Phi) is 12.8. The first kappa shape index (κ1) is 43.6. The summed E-state index contributed by atoms with van der Waals surface area (Å²) >= 11 is 0. The quantitative estimate of drug-likeness (QED) is 0.0654. The van der Waals surface area contributed by atoms with Crippen molar-refractivity contribution in [3.05, 3.63) is 143 Å². The highest BCUT2D eigenvalue weighted by molar-refractivity contribution is 6.05. The third-order valence-corrected chi connectivity index (χ3v) is 12.8. The van der Waals surface area contributed by atoms with Crippen LogP contribution in [0.1, 0.15) is 93.3 Å². The molecule has 0 spiro atoms. The summed E-state index contributed by atoms with van der Waals surface area (Å²) in [5.41, 5.74) is 17.7. The number of rotatable bonds is 17. The number of carbonyl (C=O) groups is 3. The molecule has 0 radical (unpaired) electrons. The number of carbonyl (C=O) groups excluding carboxylic acids is 1. The molecule has 0 saturated carbocycles. The number of hydrogen-bond donors (Lipinski definition) is 5. The van der Waals surface area contributed by atoms with Gasteiger partial charge in [-0.3, -0.25) is 14.4 Å². The van der Waals surface area contributed by atoms with Gasteiger partial charge in [-0.05, 0) is 121 Å². The molecule has 11 nitrogen and oxygen atoms in total. The van der Waals surface area contributed by atoms with Crippen molar-refractivity contribution in [3.63, 3.8) is 0 Å². The fourth-order valence-corrected chi connectivity index (χ4v) is 9.53. The lowest BCUT2D eigenvalue weighted by molar-refractivity contribution is -0.138. The zero-order chi connectivity index (χ0) is 44.2. The van der Waals surface area contributed by atoms with E-state index in [2.05, 4.69) is 96.2 Å². The number of aliphatic carboxylic acids is 2. The van der Waals surface area contributed by atoms with Gasteiger partial charge in [-0.15, -0.1) is 0 Å². The van der Waals surface area contributed by atoms with E-state index < -0.39 is 17.4 Å². The number of carboxylic acid groups (broad SMARTS) is 2. The lowest BCUT2D eigenvalue weighted by Gasteiger charge is -2.33. The summed E-state index contributed by atoms with van der Waals surface area (Å²) < 4.78 is 0. The first-order chi connectivity index (χ1) is 29.7. The van der Waals surface area contributed by atoms with Gasteiger partial charge in [-0.1, -0.05) is 70.0 Å². The molecule has 2 unspecified atom stereocenters. The highest BCUT2D eigenvalue weighted by Gasteiger charge is 2.47. The summed E-state index contributed by atoms with van der Waals surface area (Å²) in [4.78, 5) is 44.1. The Labute approximate surface area is 365 Å². The van der Waals surface area contributed by atoms with Crippen LogP contribution in [0.25, 0.3) is 5.57 Å². The van der Waals surface area contributed by atoms with E-state index in [1.54, 1.807) is 6.07 Å². The molecule has 62 heavy (non-hydrogen) atoms. The van der Waals surface area contributed by atoms with Crippen molar-refractivity contribution in [2.24, 2.45) is 5.41 Å². The second-order valence-electron chi connectivity index (χ2n) is 17.6. The molecule has 4 aromatic carbocycles. The number of unbranched alkanes of at least 4 members (excludes halogenated alkanes) is 1. The Balaban J connectivity index is 1.13. The van der Waals surface area contributed by atoms with Gasteiger partial charge < -0.3 is 41.1 Å². The van der Waals surface area contributed by atoms with E-state index >= 15 is 0 Å². The SMILES string of the molecule is CCCCC1(C)C(=CC=CC2N(CCC(=O)O)c3ccc(C(=O)Nc4ccc(NNc5ccc(N(C)C)cc5)cc4)cc3C2(C)C)N(CCC(=O)O)C2=C1c1ccccc1CC2. The van der Waals surface area contributed by atoms with E-state index in [0.717, 1.165) is 66.1 Å². The summed E-state index contributed by atoms with van der Waals surface area (Å²) in [5, 5.41) is 22.7. The topological polar surface area (TPSA) is 137 Å². The number of nitrogens with one attached hydrogen (secondary N) is 3. The van der Waals surface area contributed by atoms with Crippen LogP contribution >= 0.6 is 0 Å². The molecular weight excluding hydrogens is 777 g/mol.